The third kappa shape index (κ3) is 3.93. The Morgan fingerprint density at radius 3 is 3.00 bits per heavy atom. The number of rotatable bonds is 5. The van der Waals surface area contributed by atoms with Gasteiger partial charge in [-0.1, -0.05) is 18.2 Å². The van der Waals surface area contributed by atoms with Gasteiger partial charge in [-0.05, 0) is 20.0 Å². The molecule has 1 aliphatic heterocycles. The quantitative estimate of drug-likeness (QED) is 0.877. The molecule has 1 fully saturated rings. The number of likely N-dealkylation sites (N-methyl/N-ethyl adjacent to an activating group) is 1. The molecule has 0 aromatic heterocycles. The molecule has 4 nitrogen and oxygen atoms in total. The zero-order valence-corrected chi connectivity index (χ0v) is 12.1. The van der Waals surface area contributed by atoms with E-state index in [1.807, 2.05) is 18.2 Å². The van der Waals surface area contributed by atoms with Crippen molar-refractivity contribution < 1.29 is 9.47 Å². The molecule has 0 amide bonds. The van der Waals surface area contributed by atoms with Crippen molar-refractivity contribution in [1.29, 1.82) is 0 Å². The van der Waals surface area contributed by atoms with Crippen LogP contribution in [0.3, 0.4) is 0 Å². The molecule has 0 saturated carbocycles. The van der Waals surface area contributed by atoms with Crippen LogP contribution in [-0.2, 0) is 4.74 Å². The Morgan fingerprint density at radius 1 is 1.47 bits per heavy atom. The molecule has 1 heterocycles. The van der Waals surface area contributed by atoms with E-state index in [0.29, 0.717) is 0 Å². The minimum atomic E-state index is 0.256. The first-order valence-corrected chi connectivity index (χ1v) is 6.87. The van der Waals surface area contributed by atoms with E-state index >= 15 is 0 Å². The Bertz CT molecular complexity index is 397. The second-order valence-electron chi connectivity index (χ2n) is 5.13. The van der Waals surface area contributed by atoms with Crippen LogP contribution in [-0.4, -0.2) is 51.4 Å². The highest BCUT2D eigenvalue weighted by Crippen LogP contribution is 2.24. The molecule has 2 rings (SSSR count). The molecule has 1 aromatic rings. The molecule has 1 aromatic carbocycles. The molecule has 0 spiro atoms. The van der Waals surface area contributed by atoms with Crippen LogP contribution in [0, 0.1) is 0 Å². The van der Waals surface area contributed by atoms with E-state index in [1.54, 1.807) is 7.11 Å². The van der Waals surface area contributed by atoms with Gasteiger partial charge in [0.05, 0.1) is 19.8 Å². The van der Waals surface area contributed by atoms with Crippen molar-refractivity contribution in [2.45, 2.75) is 19.1 Å². The molecule has 19 heavy (non-hydrogen) atoms. The summed E-state index contributed by atoms with van der Waals surface area (Å²) in [4.78, 5) is 2.31. The fourth-order valence-corrected chi connectivity index (χ4v) is 2.43. The van der Waals surface area contributed by atoms with Gasteiger partial charge in [-0.3, -0.25) is 0 Å². The number of morpholine rings is 1. The summed E-state index contributed by atoms with van der Waals surface area (Å²) >= 11 is 0. The third-order valence-corrected chi connectivity index (χ3v) is 3.60. The summed E-state index contributed by atoms with van der Waals surface area (Å²) in [6.07, 6.45) is 0.274. The number of hydrogen-bond donors (Lipinski definition) is 1. The molecule has 1 N–H and O–H groups in total. The number of benzene rings is 1. The van der Waals surface area contributed by atoms with Crippen molar-refractivity contribution in [2.24, 2.45) is 0 Å². The van der Waals surface area contributed by atoms with Crippen molar-refractivity contribution >= 4 is 0 Å². The molecule has 2 unspecified atom stereocenters. The lowest BCUT2D eigenvalue weighted by atomic mass is 10.1. The van der Waals surface area contributed by atoms with Crippen molar-refractivity contribution in [3.63, 3.8) is 0 Å². The second-order valence-corrected chi connectivity index (χ2v) is 5.13. The van der Waals surface area contributed by atoms with Crippen LogP contribution in [0.4, 0.5) is 0 Å². The van der Waals surface area contributed by atoms with Gasteiger partial charge in [-0.2, -0.15) is 0 Å². The number of ether oxygens (including phenoxy) is 2. The topological polar surface area (TPSA) is 33.7 Å². The lowest BCUT2D eigenvalue weighted by molar-refractivity contribution is -0.0191. The maximum atomic E-state index is 5.76. The summed E-state index contributed by atoms with van der Waals surface area (Å²) in [5.41, 5.74) is 1.19. The van der Waals surface area contributed by atoms with E-state index in [9.17, 15) is 0 Å². The number of hydrogen-bond acceptors (Lipinski definition) is 4. The van der Waals surface area contributed by atoms with Gasteiger partial charge >= 0.3 is 0 Å². The fraction of sp³-hybridized carbons (Fsp3) is 0.600. The molecular weight excluding hydrogens is 240 g/mol. The third-order valence-electron chi connectivity index (χ3n) is 3.60. The van der Waals surface area contributed by atoms with Crippen molar-refractivity contribution in [3.8, 4) is 5.75 Å². The van der Waals surface area contributed by atoms with E-state index in [4.69, 9.17) is 9.47 Å². The van der Waals surface area contributed by atoms with Crippen molar-refractivity contribution in [2.75, 3.05) is 40.4 Å². The summed E-state index contributed by atoms with van der Waals surface area (Å²) in [5, 5.41) is 3.53. The number of nitrogens with one attached hydrogen (secondary N) is 1. The zero-order chi connectivity index (χ0) is 13.7. The Hall–Kier alpha value is -1.10. The monoisotopic (exact) mass is 264 g/mol. The molecule has 0 bridgehead atoms. The number of nitrogens with zero attached hydrogens (tertiary/aromatic N) is 1. The van der Waals surface area contributed by atoms with Crippen LogP contribution in [0.25, 0.3) is 0 Å². The molecular formula is C15H24N2O2. The van der Waals surface area contributed by atoms with Crippen LogP contribution >= 0.6 is 0 Å². The largest absolute Gasteiger partial charge is 0.496 e. The van der Waals surface area contributed by atoms with Gasteiger partial charge in [0.1, 0.15) is 5.75 Å². The average Bonchev–Trinajstić information content (AvgIpc) is 2.45. The first-order chi connectivity index (χ1) is 9.20. The molecule has 1 saturated heterocycles. The summed E-state index contributed by atoms with van der Waals surface area (Å²) in [7, 11) is 3.85. The Labute approximate surface area is 115 Å². The van der Waals surface area contributed by atoms with Gasteiger partial charge in [0.15, 0.2) is 0 Å². The van der Waals surface area contributed by atoms with E-state index < -0.39 is 0 Å². The highest BCUT2D eigenvalue weighted by molar-refractivity contribution is 5.35. The highest BCUT2D eigenvalue weighted by Gasteiger charge is 2.19. The van der Waals surface area contributed by atoms with Gasteiger partial charge < -0.3 is 19.7 Å². The SMILES string of the molecule is COc1ccccc1C(C)NCC1CN(C)CCO1. The Kier molecular flexibility index (Phi) is 5.19. The summed E-state index contributed by atoms with van der Waals surface area (Å²) in [5.74, 6) is 0.934. The average molecular weight is 264 g/mol. The predicted octanol–water partition coefficient (Wildman–Crippen LogP) is 1.68. The maximum absolute atomic E-state index is 5.76. The standard InChI is InChI=1S/C15H24N2O2/c1-12(14-6-4-5-7-15(14)18-3)16-10-13-11-17(2)8-9-19-13/h4-7,12-13,16H,8-11H2,1-3H3. The molecule has 2 atom stereocenters. The van der Waals surface area contributed by atoms with E-state index in [0.717, 1.165) is 32.0 Å². The lowest BCUT2D eigenvalue weighted by Gasteiger charge is -2.31. The van der Waals surface area contributed by atoms with Crippen LogP contribution in [0.2, 0.25) is 0 Å². The summed E-state index contributed by atoms with van der Waals surface area (Å²) in [6, 6.07) is 8.39. The van der Waals surface area contributed by atoms with Crippen molar-refractivity contribution in [1.82, 2.24) is 10.2 Å². The van der Waals surface area contributed by atoms with Gasteiger partial charge in [0, 0.05) is 31.2 Å². The number of methoxy groups -OCH3 is 1. The van der Waals surface area contributed by atoms with Gasteiger partial charge in [0.2, 0.25) is 0 Å². The van der Waals surface area contributed by atoms with E-state index in [-0.39, 0.29) is 12.1 Å². The minimum absolute atomic E-state index is 0.256. The van der Waals surface area contributed by atoms with E-state index in [2.05, 4.69) is 30.3 Å². The van der Waals surface area contributed by atoms with Crippen LogP contribution < -0.4 is 10.1 Å². The first-order valence-electron chi connectivity index (χ1n) is 6.87. The Morgan fingerprint density at radius 2 is 2.26 bits per heavy atom. The molecule has 4 heteroatoms. The Balaban J connectivity index is 1.88. The zero-order valence-electron chi connectivity index (χ0n) is 12.1. The van der Waals surface area contributed by atoms with Gasteiger partial charge in [0.25, 0.3) is 0 Å². The van der Waals surface area contributed by atoms with Crippen LogP contribution in [0.5, 0.6) is 5.75 Å². The smallest absolute Gasteiger partial charge is 0.123 e. The highest BCUT2D eigenvalue weighted by atomic mass is 16.5. The fourth-order valence-electron chi connectivity index (χ4n) is 2.43. The lowest BCUT2D eigenvalue weighted by Crippen LogP contribution is -2.45. The maximum Gasteiger partial charge on any atom is 0.123 e. The van der Waals surface area contributed by atoms with Crippen LogP contribution in [0.15, 0.2) is 24.3 Å². The number of para-hydroxylation sites is 1. The molecule has 0 radical (unpaired) electrons. The molecule has 106 valence electrons. The van der Waals surface area contributed by atoms with Crippen molar-refractivity contribution in [3.05, 3.63) is 29.8 Å². The summed E-state index contributed by atoms with van der Waals surface area (Å²) in [6.45, 7) is 5.87. The second kappa shape index (κ2) is 6.89. The first kappa shape index (κ1) is 14.3. The molecule has 1 aliphatic rings. The minimum Gasteiger partial charge on any atom is -0.496 e. The van der Waals surface area contributed by atoms with E-state index in [1.165, 1.54) is 5.56 Å². The van der Waals surface area contributed by atoms with Gasteiger partial charge in [-0.15, -0.1) is 0 Å². The molecule has 0 aliphatic carbocycles. The van der Waals surface area contributed by atoms with Crippen LogP contribution in [0.1, 0.15) is 18.5 Å². The predicted molar refractivity (Wildman–Crippen MR) is 76.6 cm³/mol. The van der Waals surface area contributed by atoms with Gasteiger partial charge in [-0.25, -0.2) is 0 Å². The normalized spacial score (nSPS) is 22.2. The summed E-state index contributed by atoms with van der Waals surface area (Å²) < 4.78 is 11.2.